The van der Waals surface area contributed by atoms with Crippen LogP contribution in [0.5, 0.6) is 0 Å². The smallest absolute Gasteiger partial charge is 0.265 e. The SMILES string of the molecule is O=C(NN1CCCCC1)c1ccccc1C1CC1. The van der Waals surface area contributed by atoms with Crippen molar-refractivity contribution in [3.63, 3.8) is 0 Å². The highest BCUT2D eigenvalue weighted by Gasteiger charge is 2.28. The predicted molar refractivity (Wildman–Crippen MR) is 71.3 cm³/mol. The third-order valence-corrected chi connectivity index (χ3v) is 3.84. The van der Waals surface area contributed by atoms with E-state index >= 15 is 0 Å². The first kappa shape index (κ1) is 11.7. The molecular weight excluding hydrogens is 224 g/mol. The summed E-state index contributed by atoms with van der Waals surface area (Å²) < 4.78 is 0. The topological polar surface area (TPSA) is 32.3 Å². The van der Waals surface area contributed by atoms with E-state index in [1.807, 2.05) is 18.2 Å². The Labute approximate surface area is 108 Å². The van der Waals surface area contributed by atoms with Gasteiger partial charge in [0, 0.05) is 18.7 Å². The minimum atomic E-state index is 0.0689. The molecule has 2 fully saturated rings. The van der Waals surface area contributed by atoms with Gasteiger partial charge in [-0.05, 0) is 43.2 Å². The molecule has 1 saturated heterocycles. The van der Waals surface area contributed by atoms with Crippen molar-refractivity contribution in [3.05, 3.63) is 35.4 Å². The van der Waals surface area contributed by atoms with E-state index in [0.29, 0.717) is 5.92 Å². The lowest BCUT2D eigenvalue weighted by Crippen LogP contribution is -2.45. The molecule has 18 heavy (non-hydrogen) atoms. The Kier molecular flexibility index (Phi) is 3.33. The van der Waals surface area contributed by atoms with Crippen molar-refractivity contribution >= 4 is 5.91 Å². The predicted octanol–water partition coefficient (Wildman–Crippen LogP) is 2.69. The summed E-state index contributed by atoms with van der Waals surface area (Å²) >= 11 is 0. The number of hydrazine groups is 1. The van der Waals surface area contributed by atoms with Gasteiger partial charge in [-0.3, -0.25) is 10.2 Å². The largest absolute Gasteiger partial charge is 0.285 e. The lowest BCUT2D eigenvalue weighted by Gasteiger charge is -2.27. The van der Waals surface area contributed by atoms with Crippen LogP contribution in [-0.4, -0.2) is 24.0 Å². The molecule has 96 valence electrons. The van der Waals surface area contributed by atoms with Crippen LogP contribution in [0.15, 0.2) is 24.3 Å². The number of hydrogen-bond acceptors (Lipinski definition) is 2. The second-order valence-corrected chi connectivity index (χ2v) is 5.35. The van der Waals surface area contributed by atoms with Gasteiger partial charge in [-0.25, -0.2) is 5.01 Å². The Balaban J connectivity index is 1.71. The van der Waals surface area contributed by atoms with Crippen molar-refractivity contribution in [2.24, 2.45) is 0 Å². The van der Waals surface area contributed by atoms with Crippen molar-refractivity contribution in [1.29, 1.82) is 0 Å². The quantitative estimate of drug-likeness (QED) is 0.886. The summed E-state index contributed by atoms with van der Waals surface area (Å²) in [7, 11) is 0. The highest BCUT2D eigenvalue weighted by molar-refractivity contribution is 5.95. The summed E-state index contributed by atoms with van der Waals surface area (Å²) in [5.74, 6) is 0.688. The first-order chi connectivity index (χ1) is 8.84. The Hall–Kier alpha value is -1.35. The van der Waals surface area contributed by atoms with E-state index in [1.54, 1.807) is 0 Å². The average molecular weight is 244 g/mol. The lowest BCUT2D eigenvalue weighted by atomic mass is 10.0. The number of nitrogens with zero attached hydrogens (tertiary/aromatic N) is 1. The van der Waals surface area contributed by atoms with Gasteiger partial charge in [-0.2, -0.15) is 0 Å². The van der Waals surface area contributed by atoms with Crippen molar-refractivity contribution in [2.75, 3.05) is 13.1 Å². The van der Waals surface area contributed by atoms with Gasteiger partial charge in [0.05, 0.1) is 0 Å². The van der Waals surface area contributed by atoms with E-state index in [4.69, 9.17) is 0 Å². The average Bonchev–Trinajstić information content (AvgIpc) is 3.24. The van der Waals surface area contributed by atoms with Crippen LogP contribution >= 0.6 is 0 Å². The summed E-state index contributed by atoms with van der Waals surface area (Å²) in [5, 5.41) is 2.06. The van der Waals surface area contributed by atoms with Gasteiger partial charge in [-0.1, -0.05) is 24.6 Å². The summed E-state index contributed by atoms with van der Waals surface area (Å²) in [5.41, 5.74) is 5.15. The molecule has 1 aliphatic heterocycles. The molecule has 1 aliphatic carbocycles. The molecule has 1 amide bonds. The van der Waals surface area contributed by atoms with Crippen molar-refractivity contribution in [1.82, 2.24) is 10.4 Å². The molecule has 0 unspecified atom stereocenters. The number of piperidine rings is 1. The summed E-state index contributed by atoms with van der Waals surface area (Å²) in [6.07, 6.45) is 6.11. The number of carbonyl (C=O) groups is 1. The lowest BCUT2D eigenvalue weighted by molar-refractivity contribution is 0.0749. The van der Waals surface area contributed by atoms with E-state index < -0.39 is 0 Å². The zero-order chi connectivity index (χ0) is 12.4. The van der Waals surface area contributed by atoms with Crippen LogP contribution in [0.1, 0.15) is 53.9 Å². The summed E-state index contributed by atoms with van der Waals surface area (Å²) in [4.78, 5) is 12.3. The monoisotopic (exact) mass is 244 g/mol. The molecule has 3 rings (SSSR count). The molecule has 1 heterocycles. The van der Waals surface area contributed by atoms with Gasteiger partial charge < -0.3 is 0 Å². The van der Waals surface area contributed by atoms with E-state index in [2.05, 4.69) is 16.5 Å². The van der Waals surface area contributed by atoms with Gasteiger partial charge in [0.25, 0.3) is 5.91 Å². The minimum Gasteiger partial charge on any atom is -0.285 e. The fourth-order valence-electron chi connectivity index (χ4n) is 2.66. The molecule has 0 atom stereocenters. The molecule has 2 aliphatic rings. The van der Waals surface area contributed by atoms with Crippen molar-refractivity contribution in [3.8, 4) is 0 Å². The standard InChI is InChI=1S/C15H20N2O/c18-15(16-17-10-4-1-5-11-17)14-7-3-2-6-13(14)12-8-9-12/h2-3,6-7,12H,1,4-5,8-11H2,(H,16,18). The minimum absolute atomic E-state index is 0.0689. The van der Waals surface area contributed by atoms with Crippen LogP contribution in [0.25, 0.3) is 0 Å². The summed E-state index contributed by atoms with van der Waals surface area (Å²) in [6, 6.07) is 8.04. The van der Waals surface area contributed by atoms with E-state index in [0.717, 1.165) is 18.7 Å². The molecule has 1 aromatic rings. The number of carbonyl (C=O) groups excluding carboxylic acids is 1. The number of hydrogen-bond donors (Lipinski definition) is 1. The normalized spacial score (nSPS) is 20.7. The second kappa shape index (κ2) is 5.11. The Bertz CT molecular complexity index is 434. The molecule has 3 nitrogen and oxygen atoms in total. The van der Waals surface area contributed by atoms with E-state index in [-0.39, 0.29) is 5.91 Å². The Morgan fingerprint density at radius 3 is 2.56 bits per heavy atom. The molecule has 3 heteroatoms. The van der Waals surface area contributed by atoms with E-state index in [9.17, 15) is 4.79 Å². The first-order valence-electron chi connectivity index (χ1n) is 6.99. The zero-order valence-electron chi connectivity index (χ0n) is 10.7. The Morgan fingerprint density at radius 1 is 1.11 bits per heavy atom. The third-order valence-electron chi connectivity index (χ3n) is 3.84. The van der Waals surface area contributed by atoms with Crippen molar-refractivity contribution in [2.45, 2.75) is 38.0 Å². The molecule has 1 saturated carbocycles. The maximum atomic E-state index is 12.3. The second-order valence-electron chi connectivity index (χ2n) is 5.35. The molecule has 1 N–H and O–H groups in total. The van der Waals surface area contributed by atoms with E-state index in [1.165, 1.54) is 37.7 Å². The third kappa shape index (κ3) is 2.56. The van der Waals surface area contributed by atoms with Crippen LogP contribution < -0.4 is 5.43 Å². The van der Waals surface area contributed by atoms with Gasteiger partial charge in [0.15, 0.2) is 0 Å². The zero-order valence-corrected chi connectivity index (χ0v) is 10.7. The highest BCUT2D eigenvalue weighted by Crippen LogP contribution is 2.41. The van der Waals surface area contributed by atoms with Crippen LogP contribution in [0, 0.1) is 0 Å². The number of nitrogens with one attached hydrogen (secondary N) is 1. The fraction of sp³-hybridized carbons (Fsp3) is 0.533. The maximum absolute atomic E-state index is 12.3. The fourth-order valence-corrected chi connectivity index (χ4v) is 2.66. The van der Waals surface area contributed by atoms with Gasteiger partial charge in [-0.15, -0.1) is 0 Å². The molecule has 0 bridgehead atoms. The molecule has 1 aromatic carbocycles. The summed E-state index contributed by atoms with van der Waals surface area (Å²) in [6.45, 7) is 1.97. The highest BCUT2D eigenvalue weighted by atomic mass is 16.2. The van der Waals surface area contributed by atoms with Gasteiger partial charge in [0.2, 0.25) is 0 Å². The number of rotatable bonds is 3. The van der Waals surface area contributed by atoms with Crippen LogP contribution in [-0.2, 0) is 0 Å². The van der Waals surface area contributed by atoms with Gasteiger partial charge >= 0.3 is 0 Å². The van der Waals surface area contributed by atoms with Gasteiger partial charge in [0.1, 0.15) is 0 Å². The Morgan fingerprint density at radius 2 is 1.83 bits per heavy atom. The number of benzene rings is 1. The molecular formula is C15H20N2O. The van der Waals surface area contributed by atoms with Crippen LogP contribution in [0.3, 0.4) is 0 Å². The maximum Gasteiger partial charge on any atom is 0.265 e. The first-order valence-corrected chi connectivity index (χ1v) is 6.99. The molecule has 0 radical (unpaired) electrons. The molecule has 0 spiro atoms. The van der Waals surface area contributed by atoms with Crippen LogP contribution in [0.4, 0.5) is 0 Å². The van der Waals surface area contributed by atoms with Crippen molar-refractivity contribution < 1.29 is 4.79 Å². The number of amides is 1. The van der Waals surface area contributed by atoms with Crippen LogP contribution in [0.2, 0.25) is 0 Å². The molecule has 0 aromatic heterocycles.